The number of thioether (sulfide) groups is 1. The summed E-state index contributed by atoms with van der Waals surface area (Å²) in [5.74, 6) is 0.228. The first-order valence-corrected chi connectivity index (χ1v) is 7.41. The van der Waals surface area contributed by atoms with Crippen molar-refractivity contribution in [3.63, 3.8) is 0 Å². The van der Waals surface area contributed by atoms with Crippen LogP contribution in [0.5, 0.6) is 0 Å². The average Bonchev–Trinajstić information content (AvgIpc) is 2.67. The topological polar surface area (TPSA) is 37.3 Å². The van der Waals surface area contributed by atoms with E-state index in [4.69, 9.17) is 0 Å². The monoisotopic (exact) mass is 242 g/mol. The Morgan fingerprint density at radius 2 is 1.94 bits per heavy atom. The molecule has 0 aromatic heterocycles. The highest BCUT2D eigenvalue weighted by Gasteiger charge is 2.44. The van der Waals surface area contributed by atoms with E-state index in [1.54, 1.807) is 11.8 Å². The zero-order valence-corrected chi connectivity index (χ0v) is 10.9. The second-order valence-corrected chi connectivity index (χ2v) is 7.20. The van der Waals surface area contributed by atoms with Crippen molar-refractivity contribution < 1.29 is 9.90 Å². The Bertz CT molecular complexity index is 259. The molecule has 2 nitrogen and oxygen atoms in total. The first-order chi connectivity index (χ1) is 7.62. The summed E-state index contributed by atoms with van der Waals surface area (Å²) < 4.78 is -0.429. The first-order valence-electron chi connectivity index (χ1n) is 6.54. The van der Waals surface area contributed by atoms with Crippen LogP contribution in [0.15, 0.2) is 0 Å². The molecule has 16 heavy (non-hydrogen) atoms. The van der Waals surface area contributed by atoms with Crippen molar-refractivity contribution in [3.8, 4) is 0 Å². The van der Waals surface area contributed by atoms with Crippen molar-refractivity contribution in [2.45, 2.75) is 68.3 Å². The maximum Gasteiger partial charge on any atom is 0.319 e. The molecular weight excluding hydrogens is 220 g/mol. The van der Waals surface area contributed by atoms with Gasteiger partial charge in [-0.2, -0.15) is 0 Å². The van der Waals surface area contributed by atoms with E-state index in [2.05, 4.69) is 6.92 Å². The van der Waals surface area contributed by atoms with E-state index in [9.17, 15) is 9.90 Å². The normalized spacial score (nSPS) is 33.8. The number of aliphatic carboxylic acids is 1. The van der Waals surface area contributed by atoms with Gasteiger partial charge in [0.25, 0.3) is 0 Å². The SMILES string of the molecule is CC1CCCC(SC2(C(=O)O)CCCC2)C1. The first kappa shape index (κ1) is 12.3. The smallest absolute Gasteiger partial charge is 0.319 e. The lowest BCUT2D eigenvalue weighted by Crippen LogP contribution is -2.35. The van der Waals surface area contributed by atoms with Crippen LogP contribution in [0.4, 0.5) is 0 Å². The Morgan fingerprint density at radius 3 is 2.50 bits per heavy atom. The Hall–Kier alpha value is -0.180. The number of hydrogen-bond donors (Lipinski definition) is 1. The third-order valence-corrected chi connectivity index (χ3v) is 5.88. The van der Waals surface area contributed by atoms with Crippen LogP contribution in [-0.2, 0) is 4.79 Å². The van der Waals surface area contributed by atoms with Gasteiger partial charge in [0.05, 0.1) is 0 Å². The highest BCUT2D eigenvalue weighted by atomic mass is 32.2. The molecule has 2 aliphatic carbocycles. The van der Waals surface area contributed by atoms with Crippen LogP contribution in [0.25, 0.3) is 0 Å². The lowest BCUT2D eigenvalue weighted by atomic mass is 9.90. The zero-order chi connectivity index (χ0) is 11.6. The summed E-state index contributed by atoms with van der Waals surface area (Å²) in [7, 11) is 0. The van der Waals surface area contributed by atoms with Crippen molar-refractivity contribution in [2.75, 3.05) is 0 Å². The molecule has 0 aromatic carbocycles. The molecule has 0 heterocycles. The molecule has 1 N–H and O–H groups in total. The van der Waals surface area contributed by atoms with Crippen LogP contribution in [0.1, 0.15) is 58.3 Å². The van der Waals surface area contributed by atoms with E-state index in [-0.39, 0.29) is 0 Å². The molecule has 2 unspecified atom stereocenters. The minimum absolute atomic E-state index is 0.429. The van der Waals surface area contributed by atoms with Crippen LogP contribution in [0.3, 0.4) is 0 Å². The molecule has 2 aliphatic rings. The van der Waals surface area contributed by atoms with Gasteiger partial charge in [0.2, 0.25) is 0 Å². The predicted octanol–water partition coefficient (Wildman–Crippen LogP) is 3.70. The molecule has 0 radical (unpaired) electrons. The number of hydrogen-bond acceptors (Lipinski definition) is 2. The highest BCUT2D eigenvalue weighted by Crippen LogP contribution is 2.47. The van der Waals surface area contributed by atoms with Crippen molar-refractivity contribution in [1.82, 2.24) is 0 Å². The Labute approximate surface area is 102 Å². The van der Waals surface area contributed by atoms with Crippen LogP contribution < -0.4 is 0 Å². The van der Waals surface area contributed by atoms with Crippen molar-refractivity contribution in [1.29, 1.82) is 0 Å². The van der Waals surface area contributed by atoms with E-state index in [0.717, 1.165) is 31.6 Å². The molecule has 0 bridgehead atoms. The summed E-state index contributed by atoms with van der Waals surface area (Å²) in [5, 5.41) is 10.0. The van der Waals surface area contributed by atoms with E-state index in [1.807, 2.05) is 0 Å². The average molecular weight is 242 g/mol. The molecule has 92 valence electrons. The van der Waals surface area contributed by atoms with Gasteiger partial charge in [-0.25, -0.2) is 0 Å². The lowest BCUT2D eigenvalue weighted by molar-refractivity contribution is -0.139. The van der Waals surface area contributed by atoms with Gasteiger partial charge in [-0.15, -0.1) is 11.8 Å². The van der Waals surface area contributed by atoms with Gasteiger partial charge in [0.1, 0.15) is 4.75 Å². The van der Waals surface area contributed by atoms with Gasteiger partial charge in [0.15, 0.2) is 0 Å². The van der Waals surface area contributed by atoms with Crippen molar-refractivity contribution in [2.24, 2.45) is 5.92 Å². The molecule has 0 aliphatic heterocycles. The quantitative estimate of drug-likeness (QED) is 0.820. The summed E-state index contributed by atoms with van der Waals surface area (Å²) in [5.41, 5.74) is 0. The van der Waals surface area contributed by atoms with E-state index in [0.29, 0.717) is 5.25 Å². The Morgan fingerprint density at radius 1 is 1.25 bits per heavy atom. The zero-order valence-electron chi connectivity index (χ0n) is 10.1. The van der Waals surface area contributed by atoms with Gasteiger partial charge >= 0.3 is 5.97 Å². The molecule has 0 spiro atoms. The van der Waals surface area contributed by atoms with Crippen LogP contribution in [0.2, 0.25) is 0 Å². The largest absolute Gasteiger partial charge is 0.480 e. The molecule has 2 saturated carbocycles. The number of carboxylic acid groups (broad SMARTS) is 1. The summed E-state index contributed by atoms with van der Waals surface area (Å²) in [6.45, 7) is 2.30. The third-order valence-electron chi connectivity index (χ3n) is 4.08. The summed E-state index contributed by atoms with van der Waals surface area (Å²) in [4.78, 5) is 11.5. The summed E-state index contributed by atoms with van der Waals surface area (Å²) in [6.07, 6.45) is 9.04. The fourth-order valence-electron chi connectivity index (χ4n) is 3.13. The lowest BCUT2D eigenvalue weighted by Gasteiger charge is -2.33. The number of carboxylic acids is 1. The van der Waals surface area contributed by atoms with E-state index in [1.165, 1.54) is 25.7 Å². The molecule has 2 atom stereocenters. The molecule has 2 rings (SSSR count). The molecule has 2 fully saturated rings. The van der Waals surface area contributed by atoms with Crippen molar-refractivity contribution >= 4 is 17.7 Å². The Kier molecular flexibility index (Phi) is 3.83. The van der Waals surface area contributed by atoms with Gasteiger partial charge in [-0.3, -0.25) is 4.79 Å². The van der Waals surface area contributed by atoms with Crippen molar-refractivity contribution in [3.05, 3.63) is 0 Å². The highest BCUT2D eigenvalue weighted by molar-refractivity contribution is 8.02. The molecule has 0 saturated heterocycles. The second kappa shape index (κ2) is 4.99. The number of rotatable bonds is 3. The van der Waals surface area contributed by atoms with Gasteiger partial charge in [-0.1, -0.05) is 32.6 Å². The fourth-order valence-corrected chi connectivity index (χ4v) is 5.11. The summed E-state index contributed by atoms with van der Waals surface area (Å²) in [6, 6.07) is 0. The van der Waals surface area contributed by atoms with Gasteiger partial charge < -0.3 is 5.11 Å². The van der Waals surface area contributed by atoms with Gasteiger partial charge in [-0.05, 0) is 31.6 Å². The molecule has 0 aromatic rings. The number of carbonyl (C=O) groups is 1. The summed E-state index contributed by atoms with van der Waals surface area (Å²) >= 11 is 1.79. The third kappa shape index (κ3) is 2.55. The van der Waals surface area contributed by atoms with Gasteiger partial charge in [0, 0.05) is 5.25 Å². The van der Waals surface area contributed by atoms with E-state index >= 15 is 0 Å². The van der Waals surface area contributed by atoms with Crippen LogP contribution >= 0.6 is 11.8 Å². The molecule has 0 amide bonds. The molecular formula is C13H22O2S. The van der Waals surface area contributed by atoms with E-state index < -0.39 is 10.7 Å². The minimum Gasteiger partial charge on any atom is -0.480 e. The second-order valence-electron chi connectivity index (χ2n) is 5.52. The van der Waals surface area contributed by atoms with Crippen LogP contribution in [0, 0.1) is 5.92 Å². The maximum atomic E-state index is 11.5. The molecule has 3 heteroatoms. The minimum atomic E-state index is -0.562. The fraction of sp³-hybridized carbons (Fsp3) is 0.923. The predicted molar refractivity (Wildman–Crippen MR) is 67.8 cm³/mol. The standard InChI is InChI=1S/C13H22O2S/c1-10-5-4-6-11(9-10)16-13(12(14)15)7-2-3-8-13/h10-11H,2-9H2,1H3,(H,14,15). The maximum absolute atomic E-state index is 11.5. The van der Waals surface area contributed by atoms with Crippen LogP contribution in [-0.4, -0.2) is 21.1 Å². The Balaban J connectivity index is 1.97.